The molecular formula is C12H18N4S. The molecule has 2 aromatic heterocycles. The van der Waals surface area contributed by atoms with Gasteiger partial charge in [0.2, 0.25) is 0 Å². The van der Waals surface area contributed by atoms with Crippen LogP contribution in [0.25, 0.3) is 10.7 Å². The van der Waals surface area contributed by atoms with Gasteiger partial charge in [-0.3, -0.25) is 0 Å². The van der Waals surface area contributed by atoms with Crippen LogP contribution in [0.15, 0.2) is 12.5 Å². The molecule has 0 bridgehead atoms. The van der Waals surface area contributed by atoms with Crippen molar-refractivity contribution in [2.24, 2.45) is 5.73 Å². The fraction of sp³-hybridized carbons (Fsp3) is 0.500. The summed E-state index contributed by atoms with van der Waals surface area (Å²) in [6.07, 6.45) is 3.71. The van der Waals surface area contributed by atoms with E-state index in [1.807, 2.05) is 26.4 Å². The largest absolute Gasteiger partial charge is 0.326 e. The van der Waals surface area contributed by atoms with Crippen molar-refractivity contribution in [1.82, 2.24) is 14.5 Å². The van der Waals surface area contributed by atoms with E-state index in [0.717, 1.165) is 21.3 Å². The summed E-state index contributed by atoms with van der Waals surface area (Å²) in [7, 11) is 0. The van der Waals surface area contributed by atoms with Crippen LogP contribution in [-0.2, 0) is 0 Å². The lowest BCUT2D eigenvalue weighted by molar-refractivity contribution is 0.605. The maximum atomic E-state index is 5.93. The van der Waals surface area contributed by atoms with Crippen molar-refractivity contribution in [3.63, 3.8) is 0 Å². The molecule has 0 radical (unpaired) electrons. The Hall–Kier alpha value is -1.20. The first-order chi connectivity index (χ1) is 8.00. The molecule has 0 aliphatic carbocycles. The van der Waals surface area contributed by atoms with Gasteiger partial charge in [-0.1, -0.05) is 0 Å². The second-order valence-corrected chi connectivity index (χ2v) is 5.57. The maximum Gasteiger partial charge on any atom is 0.142 e. The minimum absolute atomic E-state index is 0.0386. The minimum atomic E-state index is 0.0386. The zero-order chi connectivity index (χ0) is 12.6. The van der Waals surface area contributed by atoms with Gasteiger partial charge in [0.1, 0.15) is 5.01 Å². The molecule has 0 aromatic carbocycles. The molecule has 0 fully saturated rings. The number of hydrogen-bond acceptors (Lipinski definition) is 4. The number of nitrogens with zero attached hydrogens (tertiary/aromatic N) is 3. The average molecular weight is 250 g/mol. The lowest BCUT2D eigenvalue weighted by atomic mass is 10.2. The maximum absolute atomic E-state index is 5.93. The Bertz CT molecular complexity index is 510. The van der Waals surface area contributed by atoms with Crippen LogP contribution in [0.2, 0.25) is 0 Å². The van der Waals surface area contributed by atoms with Gasteiger partial charge in [0.25, 0.3) is 0 Å². The van der Waals surface area contributed by atoms with Crippen LogP contribution in [0.5, 0.6) is 0 Å². The quantitative estimate of drug-likeness (QED) is 0.911. The van der Waals surface area contributed by atoms with Crippen LogP contribution in [0.1, 0.15) is 43.4 Å². The van der Waals surface area contributed by atoms with Crippen LogP contribution in [-0.4, -0.2) is 14.5 Å². The highest BCUT2D eigenvalue weighted by Crippen LogP contribution is 2.31. The predicted molar refractivity (Wildman–Crippen MR) is 71.1 cm³/mol. The predicted octanol–water partition coefficient (Wildman–Crippen LogP) is 2.92. The lowest BCUT2D eigenvalue weighted by Crippen LogP contribution is -2.03. The van der Waals surface area contributed by atoms with Crippen molar-refractivity contribution in [3.8, 4) is 10.7 Å². The zero-order valence-corrected chi connectivity index (χ0v) is 11.5. The Morgan fingerprint density at radius 1 is 1.35 bits per heavy atom. The molecule has 2 N–H and O–H groups in total. The zero-order valence-electron chi connectivity index (χ0n) is 10.6. The molecule has 0 saturated carbocycles. The summed E-state index contributed by atoms with van der Waals surface area (Å²) in [6, 6.07) is 0.423. The fourth-order valence-corrected chi connectivity index (χ4v) is 2.85. The van der Waals surface area contributed by atoms with Gasteiger partial charge in [-0.15, -0.1) is 11.3 Å². The van der Waals surface area contributed by atoms with Crippen LogP contribution >= 0.6 is 11.3 Å². The highest BCUT2D eigenvalue weighted by Gasteiger charge is 2.16. The summed E-state index contributed by atoms with van der Waals surface area (Å²) in [6.45, 7) is 8.27. The van der Waals surface area contributed by atoms with Crippen LogP contribution in [0.4, 0.5) is 0 Å². The molecule has 17 heavy (non-hydrogen) atoms. The Morgan fingerprint density at radius 3 is 2.59 bits per heavy atom. The molecule has 5 heteroatoms. The van der Waals surface area contributed by atoms with Crippen molar-refractivity contribution in [2.75, 3.05) is 0 Å². The second-order valence-electron chi connectivity index (χ2n) is 4.54. The third-order valence-electron chi connectivity index (χ3n) is 2.69. The number of aryl methyl sites for hydroxylation is 1. The van der Waals surface area contributed by atoms with Gasteiger partial charge in [-0.25, -0.2) is 9.97 Å². The molecule has 2 rings (SSSR count). The molecule has 2 aromatic rings. The molecule has 0 aliphatic rings. The second kappa shape index (κ2) is 4.58. The Labute approximate surface area is 106 Å². The van der Waals surface area contributed by atoms with Gasteiger partial charge in [-0.05, 0) is 27.7 Å². The molecule has 0 amide bonds. The van der Waals surface area contributed by atoms with Crippen molar-refractivity contribution in [1.29, 1.82) is 0 Å². The first-order valence-corrected chi connectivity index (χ1v) is 6.57. The third kappa shape index (κ3) is 2.25. The van der Waals surface area contributed by atoms with Gasteiger partial charge in [0.05, 0.1) is 23.9 Å². The van der Waals surface area contributed by atoms with E-state index in [9.17, 15) is 0 Å². The summed E-state index contributed by atoms with van der Waals surface area (Å²) in [5.74, 6) is 0. The van der Waals surface area contributed by atoms with Crippen LogP contribution in [0.3, 0.4) is 0 Å². The SMILES string of the molecule is Cc1nc(-c2cncn2C(C)C)sc1C(C)N. The van der Waals surface area contributed by atoms with Gasteiger partial charge >= 0.3 is 0 Å². The smallest absolute Gasteiger partial charge is 0.142 e. The molecule has 92 valence electrons. The standard InChI is InChI=1S/C12H18N4S/c1-7(2)16-6-14-5-10(16)12-15-9(4)11(17-12)8(3)13/h5-8H,13H2,1-4H3. The van der Waals surface area contributed by atoms with E-state index in [0.29, 0.717) is 6.04 Å². The number of nitrogens with two attached hydrogens (primary N) is 1. The van der Waals surface area contributed by atoms with E-state index in [1.54, 1.807) is 11.3 Å². The summed E-state index contributed by atoms with van der Waals surface area (Å²) < 4.78 is 2.13. The number of rotatable bonds is 3. The number of hydrogen-bond donors (Lipinski definition) is 1. The summed E-state index contributed by atoms with van der Waals surface area (Å²) in [4.78, 5) is 9.95. The van der Waals surface area contributed by atoms with Crippen molar-refractivity contribution < 1.29 is 0 Å². The molecular weight excluding hydrogens is 232 g/mol. The average Bonchev–Trinajstić information content (AvgIpc) is 2.82. The summed E-state index contributed by atoms with van der Waals surface area (Å²) in [5.41, 5.74) is 8.02. The summed E-state index contributed by atoms with van der Waals surface area (Å²) in [5, 5.41) is 1.00. The van der Waals surface area contributed by atoms with Crippen LogP contribution < -0.4 is 5.73 Å². The van der Waals surface area contributed by atoms with Crippen molar-refractivity contribution in [3.05, 3.63) is 23.1 Å². The fourth-order valence-electron chi connectivity index (χ4n) is 1.82. The topological polar surface area (TPSA) is 56.7 Å². The van der Waals surface area contributed by atoms with Gasteiger partial charge in [0, 0.05) is 17.0 Å². The number of imidazole rings is 1. The van der Waals surface area contributed by atoms with Crippen molar-refractivity contribution in [2.45, 2.75) is 39.8 Å². The lowest BCUT2D eigenvalue weighted by Gasteiger charge is -2.09. The van der Waals surface area contributed by atoms with Gasteiger partial charge in [-0.2, -0.15) is 0 Å². The molecule has 2 heterocycles. The normalized spacial score (nSPS) is 13.3. The molecule has 4 nitrogen and oxygen atoms in total. The molecule has 1 unspecified atom stereocenters. The first kappa shape index (κ1) is 12.3. The first-order valence-electron chi connectivity index (χ1n) is 5.75. The van der Waals surface area contributed by atoms with Gasteiger partial charge < -0.3 is 10.3 Å². The highest BCUT2D eigenvalue weighted by molar-refractivity contribution is 7.15. The molecule has 0 aliphatic heterocycles. The third-order valence-corrected chi connectivity index (χ3v) is 4.07. The molecule has 1 atom stereocenters. The molecule has 0 saturated heterocycles. The Balaban J connectivity index is 2.46. The van der Waals surface area contributed by atoms with E-state index in [-0.39, 0.29) is 6.04 Å². The van der Waals surface area contributed by atoms with E-state index in [1.165, 1.54) is 0 Å². The van der Waals surface area contributed by atoms with E-state index in [4.69, 9.17) is 5.73 Å². The Kier molecular flexibility index (Phi) is 3.31. The summed E-state index contributed by atoms with van der Waals surface area (Å²) >= 11 is 1.66. The monoisotopic (exact) mass is 250 g/mol. The number of aromatic nitrogens is 3. The minimum Gasteiger partial charge on any atom is -0.326 e. The van der Waals surface area contributed by atoms with Crippen molar-refractivity contribution >= 4 is 11.3 Å². The van der Waals surface area contributed by atoms with Gasteiger partial charge in [0.15, 0.2) is 0 Å². The number of thiazole rings is 1. The molecule has 0 spiro atoms. The van der Waals surface area contributed by atoms with E-state index >= 15 is 0 Å². The Morgan fingerprint density at radius 2 is 2.06 bits per heavy atom. The highest BCUT2D eigenvalue weighted by atomic mass is 32.1. The van der Waals surface area contributed by atoms with Crippen LogP contribution in [0, 0.1) is 6.92 Å². The van der Waals surface area contributed by atoms with E-state index in [2.05, 4.69) is 28.4 Å². The van der Waals surface area contributed by atoms with E-state index < -0.39 is 0 Å².